The maximum atomic E-state index is 5.40. The molecule has 0 saturated carbocycles. The van der Waals surface area contributed by atoms with E-state index in [-0.39, 0.29) is 0 Å². The minimum Gasteiger partial charge on any atom is -0.468 e. The first-order valence-electron chi connectivity index (χ1n) is 5.77. The zero-order valence-electron chi connectivity index (χ0n) is 10.0. The molecule has 0 saturated heterocycles. The molecular formula is C14H17NOS. The molecule has 90 valence electrons. The van der Waals surface area contributed by atoms with E-state index in [0.717, 1.165) is 25.4 Å². The number of hydrogen-bond acceptors (Lipinski definition) is 3. The van der Waals surface area contributed by atoms with Crippen molar-refractivity contribution < 1.29 is 4.42 Å². The molecule has 0 unspecified atom stereocenters. The van der Waals surface area contributed by atoms with Crippen molar-refractivity contribution in [1.82, 2.24) is 4.90 Å². The van der Waals surface area contributed by atoms with Crippen LogP contribution in [0.3, 0.4) is 0 Å². The average molecular weight is 247 g/mol. The quantitative estimate of drug-likeness (QED) is 0.719. The van der Waals surface area contributed by atoms with Gasteiger partial charge in [-0.1, -0.05) is 18.2 Å². The Balaban J connectivity index is 1.97. The normalized spacial score (nSPS) is 11.6. The van der Waals surface area contributed by atoms with Crippen molar-refractivity contribution in [3.05, 3.63) is 58.7 Å². The number of hydrogen-bond donors (Lipinski definition) is 0. The van der Waals surface area contributed by atoms with Crippen LogP contribution >= 0.6 is 11.3 Å². The lowest BCUT2D eigenvalue weighted by molar-refractivity contribution is 0.262. The molecule has 3 heteroatoms. The molecule has 0 radical (unpaired) electrons. The Kier molecular flexibility index (Phi) is 4.59. The Morgan fingerprint density at radius 3 is 2.88 bits per heavy atom. The summed E-state index contributed by atoms with van der Waals surface area (Å²) in [6.45, 7) is 4.84. The van der Waals surface area contributed by atoms with Crippen LogP contribution in [-0.4, -0.2) is 11.4 Å². The van der Waals surface area contributed by atoms with E-state index in [4.69, 9.17) is 4.42 Å². The third kappa shape index (κ3) is 3.88. The lowest BCUT2D eigenvalue weighted by Crippen LogP contribution is -2.22. The summed E-state index contributed by atoms with van der Waals surface area (Å²) >= 11 is 1.80. The zero-order valence-corrected chi connectivity index (χ0v) is 10.8. The Morgan fingerprint density at radius 1 is 1.29 bits per heavy atom. The molecule has 0 aliphatic heterocycles. The molecule has 0 fully saturated rings. The fourth-order valence-electron chi connectivity index (χ4n) is 1.69. The minimum atomic E-state index is 0.856. The molecule has 0 aliphatic carbocycles. The third-order valence-corrected chi connectivity index (χ3v) is 3.38. The van der Waals surface area contributed by atoms with E-state index in [1.807, 2.05) is 12.1 Å². The van der Waals surface area contributed by atoms with E-state index >= 15 is 0 Å². The molecule has 0 aromatic carbocycles. The maximum Gasteiger partial charge on any atom is 0.117 e. The second-order valence-corrected chi connectivity index (χ2v) is 4.93. The van der Waals surface area contributed by atoms with Crippen LogP contribution in [0.1, 0.15) is 17.6 Å². The maximum absolute atomic E-state index is 5.40. The van der Waals surface area contributed by atoms with Gasteiger partial charge in [0.15, 0.2) is 0 Å². The molecule has 0 amide bonds. The van der Waals surface area contributed by atoms with Crippen LogP contribution < -0.4 is 0 Å². The number of nitrogens with zero attached hydrogens (tertiary/aromatic N) is 1. The molecule has 0 bridgehead atoms. The first-order chi connectivity index (χ1) is 8.38. The molecule has 2 nitrogen and oxygen atoms in total. The minimum absolute atomic E-state index is 0.856. The highest BCUT2D eigenvalue weighted by atomic mass is 32.1. The van der Waals surface area contributed by atoms with E-state index in [1.54, 1.807) is 17.6 Å². The van der Waals surface area contributed by atoms with Gasteiger partial charge in [-0.2, -0.15) is 0 Å². The third-order valence-electron chi connectivity index (χ3n) is 2.52. The predicted octanol–water partition coefficient (Wildman–Crippen LogP) is 3.92. The van der Waals surface area contributed by atoms with Gasteiger partial charge in [-0.15, -0.1) is 11.3 Å². The van der Waals surface area contributed by atoms with Crippen molar-refractivity contribution in [2.45, 2.75) is 20.0 Å². The molecular weight excluding hydrogens is 230 g/mol. The number of allylic oxidation sites excluding steroid dienone is 1. The predicted molar refractivity (Wildman–Crippen MR) is 72.0 cm³/mol. The van der Waals surface area contributed by atoms with Gasteiger partial charge < -0.3 is 4.42 Å². The molecule has 0 atom stereocenters. The largest absolute Gasteiger partial charge is 0.468 e. The SMILES string of the molecule is C/C=C/CN(Cc1ccco1)Cc1cccs1. The van der Waals surface area contributed by atoms with Crippen LogP contribution in [0.5, 0.6) is 0 Å². The topological polar surface area (TPSA) is 16.4 Å². The second kappa shape index (κ2) is 6.42. The zero-order chi connectivity index (χ0) is 11.9. The lowest BCUT2D eigenvalue weighted by Gasteiger charge is -2.18. The first kappa shape index (κ1) is 12.1. The molecule has 2 heterocycles. The molecule has 17 heavy (non-hydrogen) atoms. The summed E-state index contributed by atoms with van der Waals surface area (Å²) < 4.78 is 5.40. The summed E-state index contributed by atoms with van der Waals surface area (Å²) in [6, 6.07) is 8.24. The van der Waals surface area contributed by atoms with Crippen molar-refractivity contribution in [1.29, 1.82) is 0 Å². The Morgan fingerprint density at radius 2 is 2.24 bits per heavy atom. The van der Waals surface area contributed by atoms with Gasteiger partial charge in [0, 0.05) is 18.0 Å². The molecule has 0 N–H and O–H groups in total. The molecule has 2 aromatic rings. The average Bonchev–Trinajstić information content (AvgIpc) is 2.99. The van der Waals surface area contributed by atoms with Crippen LogP contribution in [0, 0.1) is 0 Å². The van der Waals surface area contributed by atoms with Crippen LogP contribution in [0.2, 0.25) is 0 Å². The molecule has 2 aromatic heterocycles. The van der Waals surface area contributed by atoms with Crippen molar-refractivity contribution in [3.8, 4) is 0 Å². The smallest absolute Gasteiger partial charge is 0.117 e. The number of rotatable bonds is 6. The summed E-state index contributed by atoms with van der Waals surface area (Å²) in [5.74, 6) is 1.02. The second-order valence-electron chi connectivity index (χ2n) is 3.90. The van der Waals surface area contributed by atoms with Gasteiger partial charge >= 0.3 is 0 Å². The van der Waals surface area contributed by atoms with Gasteiger partial charge in [0.05, 0.1) is 12.8 Å². The van der Waals surface area contributed by atoms with Crippen LogP contribution in [0.15, 0.2) is 52.5 Å². The van der Waals surface area contributed by atoms with Crippen LogP contribution in [-0.2, 0) is 13.1 Å². The highest BCUT2D eigenvalue weighted by Crippen LogP contribution is 2.14. The van der Waals surface area contributed by atoms with Crippen LogP contribution in [0.4, 0.5) is 0 Å². The molecule has 0 spiro atoms. The standard InChI is InChI=1S/C14H17NOS/c1-2-3-8-15(11-13-6-4-9-16-13)12-14-7-5-10-17-14/h2-7,9-10H,8,11-12H2,1H3/b3-2+. The summed E-state index contributed by atoms with van der Waals surface area (Å²) in [6.07, 6.45) is 5.99. The van der Waals surface area contributed by atoms with E-state index in [9.17, 15) is 0 Å². The van der Waals surface area contributed by atoms with Gasteiger partial charge in [0.2, 0.25) is 0 Å². The van der Waals surface area contributed by atoms with E-state index in [2.05, 4.69) is 41.5 Å². The number of thiophene rings is 1. The van der Waals surface area contributed by atoms with Gasteiger partial charge in [0.25, 0.3) is 0 Å². The summed E-state index contributed by atoms with van der Waals surface area (Å²) in [4.78, 5) is 3.76. The van der Waals surface area contributed by atoms with E-state index in [1.165, 1.54) is 4.88 Å². The van der Waals surface area contributed by atoms with Crippen LogP contribution in [0.25, 0.3) is 0 Å². The lowest BCUT2D eigenvalue weighted by atomic mass is 10.3. The highest BCUT2D eigenvalue weighted by Gasteiger charge is 2.07. The Hall–Kier alpha value is -1.32. The summed E-state index contributed by atoms with van der Waals surface area (Å²) in [5.41, 5.74) is 0. The molecule has 2 rings (SSSR count). The Bertz CT molecular complexity index is 395. The first-order valence-corrected chi connectivity index (χ1v) is 6.64. The van der Waals surface area contributed by atoms with E-state index in [0.29, 0.717) is 0 Å². The van der Waals surface area contributed by atoms with Crippen molar-refractivity contribution in [2.24, 2.45) is 0 Å². The van der Waals surface area contributed by atoms with Gasteiger partial charge in [-0.05, 0) is 30.5 Å². The van der Waals surface area contributed by atoms with Crippen molar-refractivity contribution in [2.75, 3.05) is 6.54 Å². The summed E-state index contributed by atoms with van der Waals surface area (Å²) in [5, 5.41) is 2.12. The van der Waals surface area contributed by atoms with Crippen molar-refractivity contribution in [3.63, 3.8) is 0 Å². The number of furan rings is 1. The highest BCUT2D eigenvalue weighted by molar-refractivity contribution is 7.09. The molecule has 0 aliphatic rings. The Labute approximate surface area is 106 Å². The van der Waals surface area contributed by atoms with Gasteiger partial charge in [-0.25, -0.2) is 0 Å². The monoisotopic (exact) mass is 247 g/mol. The van der Waals surface area contributed by atoms with Gasteiger partial charge in [0.1, 0.15) is 5.76 Å². The van der Waals surface area contributed by atoms with Gasteiger partial charge in [-0.3, -0.25) is 4.90 Å². The van der Waals surface area contributed by atoms with E-state index < -0.39 is 0 Å². The fraction of sp³-hybridized carbons (Fsp3) is 0.286. The fourth-order valence-corrected chi connectivity index (χ4v) is 2.43. The van der Waals surface area contributed by atoms with Crippen molar-refractivity contribution >= 4 is 11.3 Å². The summed E-state index contributed by atoms with van der Waals surface area (Å²) in [7, 11) is 0.